The molecule has 4 aromatic rings. The number of para-hydroxylation sites is 2. The fourth-order valence-corrected chi connectivity index (χ4v) is 3.51. The lowest BCUT2D eigenvalue weighted by atomic mass is 10.1. The number of carbonyl (C=O) groups is 1. The summed E-state index contributed by atoms with van der Waals surface area (Å²) in [4.78, 5) is 17.0. The summed E-state index contributed by atoms with van der Waals surface area (Å²) < 4.78 is 15.5. The number of rotatable bonds is 6. The van der Waals surface area contributed by atoms with Gasteiger partial charge in [-0.2, -0.15) is 0 Å². The average Bonchev–Trinajstić information content (AvgIpc) is 3.10. The third kappa shape index (κ3) is 4.19. The number of benzene rings is 3. The van der Waals surface area contributed by atoms with E-state index >= 15 is 0 Å². The van der Waals surface area contributed by atoms with E-state index in [1.54, 1.807) is 6.07 Å². The van der Waals surface area contributed by atoms with Gasteiger partial charge in [-0.25, -0.2) is 9.37 Å². The Balaban J connectivity index is 1.42. The van der Waals surface area contributed by atoms with Gasteiger partial charge in [0.2, 0.25) is 0 Å². The van der Waals surface area contributed by atoms with Crippen LogP contribution >= 0.6 is 0 Å². The molecule has 0 saturated heterocycles. The maximum Gasteiger partial charge on any atom is 0.255 e. The first-order chi connectivity index (χ1) is 14.1. The van der Waals surface area contributed by atoms with Crippen molar-refractivity contribution in [2.75, 3.05) is 5.32 Å². The fourth-order valence-electron chi connectivity index (χ4n) is 3.51. The van der Waals surface area contributed by atoms with Gasteiger partial charge in [0, 0.05) is 24.2 Å². The summed E-state index contributed by atoms with van der Waals surface area (Å²) in [7, 11) is 0. The summed E-state index contributed by atoms with van der Waals surface area (Å²) in [6.45, 7) is 3.02. The monoisotopic (exact) mass is 387 g/mol. The molecule has 1 N–H and O–H groups in total. The summed E-state index contributed by atoms with van der Waals surface area (Å²) in [6, 6.07) is 21.6. The molecule has 1 heterocycles. The number of aromatic nitrogens is 2. The van der Waals surface area contributed by atoms with Crippen molar-refractivity contribution in [1.29, 1.82) is 0 Å². The van der Waals surface area contributed by atoms with Crippen molar-refractivity contribution >= 4 is 22.6 Å². The van der Waals surface area contributed by atoms with E-state index in [2.05, 4.69) is 22.9 Å². The van der Waals surface area contributed by atoms with E-state index in [9.17, 15) is 9.18 Å². The molecule has 0 atom stereocenters. The molecule has 1 amide bonds. The van der Waals surface area contributed by atoms with E-state index < -0.39 is 5.82 Å². The Hall–Kier alpha value is -3.47. The number of carbonyl (C=O) groups excluding carboxylic acids is 1. The van der Waals surface area contributed by atoms with Gasteiger partial charge in [0.15, 0.2) is 0 Å². The van der Waals surface area contributed by atoms with Crippen LogP contribution in [0.1, 0.15) is 28.7 Å². The number of imidazole rings is 1. The van der Waals surface area contributed by atoms with Crippen molar-refractivity contribution in [3.63, 3.8) is 0 Å². The number of anilines is 1. The number of nitrogens with one attached hydrogen (secondary N) is 1. The molecule has 3 aromatic carbocycles. The standard InChI is InChI=1S/C24H22FN3O/c1-2-28-22-9-4-3-8-21(22)27-23(28)15-12-17-10-13-20(14-11-17)26-24(29)18-6-5-7-19(25)16-18/h3-11,13-14,16H,2,12,15H2,1H3,(H,26,29). The maximum absolute atomic E-state index is 13.3. The molecular formula is C24H22FN3O. The Bertz CT molecular complexity index is 1150. The number of fused-ring (bicyclic) bond motifs is 1. The molecule has 29 heavy (non-hydrogen) atoms. The van der Waals surface area contributed by atoms with Crippen molar-refractivity contribution in [3.8, 4) is 0 Å². The lowest BCUT2D eigenvalue weighted by Crippen LogP contribution is -2.12. The highest BCUT2D eigenvalue weighted by Gasteiger charge is 2.10. The molecule has 0 unspecified atom stereocenters. The second-order valence-corrected chi connectivity index (χ2v) is 6.92. The molecule has 0 bridgehead atoms. The Morgan fingerprint density at radius 2 is 1.79 bits per heavy atom. The molecule has 0 radical (unpaired) electrons. The fraction of sp³-hybridized carbons (Fsp3) is 0.167. The van der Waals surface area contributed by atoms with Gasteiger partial charge in [-0.3, -0.25) is 4.79 Å². The molecule has 1 aromatic heterocycles. The smallest absolute Gasteiger partial charge is 0.255 e. The minimum absolute atomic E-state index is 0.299. The number of nitrogens with zero attached hydrogens (tertiary/aromatic N) is 2. The first-order valence-electron chi connectivity index (χ1n) is 9.74. The van der Waals surface area contributed by atoms with Crippen LogP contribution in [-0.4, -0.2) is 15.5 Å². The quantitative estimate of drug-likeness (QED) is 0.492. The molecule has 0 spiro atoms. The maximum atomic E-state index is 13.3. The number of hydrogen-bond acceptors (Lipinski definition) is 2. The molecule has 0 aliphatic heterocycles. The van der Waals surface area contributed by atoms with E-state index in [1.807, 2.05) is 42.5 Å². The van der Waals surface area contributed by atoms with Crippen molar-refractivity contribution in [2.24, 2.45) is 0 Å². The molecular weight excluding hydrogens is 365 g/mol. The molecule has 0 saturated carbocycles. The van der Waals surface area contributed by atoms with Crippen LogP contribution in [0.4, 0.5) is 10.1 Å². The summed E-state index contributed by atoms with van der Waals surface area (Å²) in [5, 5.41) is 2.80. The minimum atomic E-state index is -0.425. The SMILES string of the molecule is CCn1c(CCc2ccc(NC(=O)c3cccc(F)c3)cc2)nc2ccccc21. The van der Waals surface area contributed by atoms with E-state index in [0.29, 0.717) is 11.3 Å². The van der Waals surface area contributed by atoms with Crippen LogP contribution in [-0.2, 0) is 19.4 Å². The highest BCUT2D eigenvalue weighted by atomic mass is 19.1. The first-order valence-corrected chi connectivity index (χ1v) is 9.74. The van der Waals surface area contributed by atoms with Gasteiger partial charge in [-0.1, -0.05) is 30.3 Å². The topological polar surface area (TPSA) is 46.9 Å². The van der Waals surface area contributed by atoms with Crippen molar-refractivity contribution < 1.29 is 9.18 Å². The molecule has 0 fully saturated rings. The first kappa shape index (κ1) is 18.9. The normalized spacial score (nSPS) is 11.0. The molecule has 146 valence electrons. The Kier molecular flexibility index (Phi) is 5.38. The van der Waals surface area contributed by atoms with Crippen molar-refractivity contribution in [3.05, 3.63) is 95.6 Å². The van der Waals surface area contributed by atoms with Crippen LogP contribution in [0.15, 0.2) is 72.8 Å². The third-order valence-corrected chi connectivity index (χ3v) is 4.99. The lowest BCUT2D eigenvalue weighted by Gasteiger charge is -2.08. The Morgan fingerprint density at radius 3 is 2.55 bits per heavy atom. The van der Waals surface area contributed by atoms with Gasteiger partial charge in [-0.05, 0) is 61.4 Å². The van der Waals surface area contributed by atoms with E-state index in [4.69, 9.17) is 4.98 Å². The third-order valence-electron chi connectivity index (χ3n) is 4.99. The highest BCUT2D eigenvalue weighted by Crippen LogP contribution is 2.18. The van der Waals surface area contributed by atoms with E-state index in [0.717, 1.165) is 30.7 Å². The number of amides is 1. The zero-order valence-corrected chi connectivity index (χ0v) is 16.2. The van der Waals surface area contributed by atoms with Crippen LogP contribution in [0.3, 0.4) is 0 Å². The predicted octanol–water partition coefficient (Wildman–Crippen LogP) is 5.23. The van der Waals surface area contributed by atoms with Crippen LogP contribution < -0.4 is 5.32 Å². The Morgan fingerprint density at radius 1 is 1.00 bits per heavy atom. The number of hydrogen-bond donors (Lipinski definition) is 1. The largest absolute Gasteiger partial charge is 0.328 e. The van der Waals surface area contributed by atoms with Gasteiger partial charge in [-0.15, -0.1) is 0 Å². The molecule has 0 aliphatic carbocycles. The zero-order chi connectivity index (χ0) is 20.2. The predicted molar refractivity (Wildman–Crippen MR) is 114 cm³/mol. The van der Waals surface area contributed by atoms with Crippen LogP contribution in [0.25, 0.3) is 11.0 Å². The highest BCUT2D eigenvalue weighted by molar-refractivity contribution is 6.04. The van der Waals surface area contributed by atoms with Gasteiger partial charge >= 0.3 is 0 Å². The molecule has 4 nitrogen and oxygen atoms in total. The van der Waals surface area contributed by atoms with Gasteiger partial charge in [0.1, 0.15) is 11.6 Å². The average molecular weight is 387 g/mol. The van der Waals surface area contributed by atoms with Gasteiger partial charge in [0.25, 0.3) is 5.91 Å². The molecule has 0 aliphatic rings. The van der Waals surface area contributed by atoms with Gasteiger partial charge in [0.05, 0.1) is 11.0 Å². The Labute approximate surface area is 169 Å². The summed E-state index contributed by atoms with van der Waals surface area (Å²) in [6.07, 6.45) is 1.71. The second kappa shape index (κ2) is 8.27. The molecule has 4 rings (SSSR count). The lowest BCUT2D eigenvalue weighted by molar-refractivity contribution is 0.102. The van der Waals surface area contributed by atoms with Crippen LogP contribution in [0.5, 0.6) is 0 Å². The van der Waals surface area contributed by atoms with E-state index in [-0.39, 0.29) is 5.91 Å². The number of aryl methyl sites for hydroxylation is 3. The van der Waals surface area contributed by atoms with Crippen LogP contribution in [0, 0.1) is 5.82 Å². The zero-order valence-electron chi connectivity index (χ0n) is 16.2. The minimum Gasteiger partial charge on any atom is -0.328 e. The van der Waals surface area contributed by atoms with Crippen molar-refractivity contribution in [1.82, 2.24) is 9.55 Å². The second-order valence-electron chi connectivity index (χ2n) is 6.92. The van der Waals surface area contributed by atoms with E-state index in [1.165, 1.54) is 29.3 Å². The summed E-state index contributed by atoms with van der Waals surface area (Å²) in [5.74, 6) is 0.331. The van der Waals surface area contributed by atoms with Gasteiger partial charge < -0.3 is 9.88 Å². The number of halogens is 1. The molecule has 5 heteroatoms. The van der Waals surface area contributed by atoms with Crippen LogP contribution in [0.2, 0.25) is 0 Å². The van der Waals surface area contributed by atoms with Crippen molar-refractivity contribution in [2.45, 2.75) is 26.3 Å². The summed E-state index contributed by atoms with van der Waals surface area (Å²) in [5.41, 5.74) is 4.35. The summed E-state index contributed by atoms with van der Waals surface area (Å²) >= 11 is 0.